The minimum absolute atomic E-state index is 0.0231. The lowest BCUT2D eigenvalue weighted by Gasteiger charge is -2.22. The first-order valence-electron chi connectivity index (χ1n) is 9.37. The van der Waals surface area contributed by atoms with E-state index in [1.54, 1.807) is 18.2 Å². The molecule has 0 unspecified atom stereocenters. The molecule has 5 nitrogen and oxygen atoms in total. The van der Waals surface area contributed by atoms with E-state index in [1.165, 1.54) is 18.2 Å². The molecule has 1 saturated heterocycles. The van der Waals surface area contributed by atoms with Crippen molar-refractivity contribution >= 4 is 23.2 Å². The fourth-order valence-electron chi connectivity index (χ4n) is 3.36. The second-order valence-corrected chi connectivity index (χ2v) is 7.11. The molecule has 0 bridgehead atoms. The number of rotatable bonds is 5. The second kappa shape index (κ2) is 7.39. The quantitative estimate of drug-likeness (QED) is 0.849. The molecule has 4 rings (SSSR count). The first kappa shape index (κ1) is 17.5. The molecule has 0 aromatic heterocycles. The van der Waals surface area contributed by atoms with Crippen LogP contribution in [0.1, 0.15) is 46.4 Å². The number of amides is 2. The van der Waals surface area contributed by atoms with E-state index >= 15 is 0 Å². The number of halogens is 1. The van der Waals surface area contributed by atoms with Crippen molar-refractivity contribution in [2.75, 3.05) is 23.3 Å². The van der Waals surface area contributed by atoms with Gasteiger partial charge in [-0.15, -0.1) is 0 Å². The van der Waals surface area contributed by atoms with Crippen LogP contribution in [0.15, 0.2) is 42.5 Å². The summed E-state index contributed by atoms with van der Waals surface area (Å²) in [6, 6.07) is 11.4. The normalized spacial score (nSPS) is 16.3. The lowest BCUT2D eigenvalue weighted by atomic mass is 10.1. The van der Waals surface area contributed by atoms with Crippen molar-refractivity contribution in [3.63, 3.8) is 0 Å². The molecule has 1 heterocycles. The largest absolute Gasteiger partial charge is 0.371 e. The fourth-order valence-corrected chi connectivity index (χ4v) is 3.36. The number of nitrogens with one attached hydrogen (secondary N) is 2. The number of benzene rings is 2. The zero-order valence-electron chi connectivity index (χ0n) is 15.0. The average molecular weight is 367 g/mol. The molecule has 0 radical (unpaired) electrons. The first-order chi connectivity index (χ1) is 13.1. The van der Waals surface area contributed by atoms with Crippen molar-refractivity contribution in [1.29, 1.82) is 0 Å². The molecule has 2 aliphatic rings. The molecular formula is C21H22FN3O2. The predicted octanol–water partition coefficient (Wildman–Crippen LogP) is 3.57. The van der Waals surface area contributed by atoms with Gasteiger partial charge in [0.25, 0.3) is 11.8 Å². The summed E-state index contributed by atoms with van der Waals surface area (Å²) < 4.78 is 13.8. The summed E-state index contributed by atoms with van der Waals surface area (Å²) in [4.78, 5) is 27.3. The van der Waals surface area contributed by atoms with Gasteiger partial charge in [0.15, 0.2) is 0 Å². The smallest absolute Gasteiger partial charge is 0.258 e. The lowest BCUT2D eigenvalue weighted by molar-refractivity contribution is 0.0950. The van der Waals surface area contributed by atoms with E-state index in [-0.39, 0.29) is 17.5 Å². The monoisotopic (exact) mass is 367 g/mol. The Balaban J connectivity index is 1.60. The van der Waals surface area contributed by atoms with Gasteiger partial charge in [-0.1, -0.05) is 12.1 Å². The minimum Gasteiger partial charge on any atom is -0.371 e. The number of hydrogen-bond acceptors (Lipinski definition) is 3. The third-order valence-electron chi connectivity index (χ3n) is 4.98. The molecule has 1 aliphatic heterocycles. The third kappa shape index (κ3) is 3.94. The molecule has 2 N–H and O–H groups in total. The van der Waals surface area contributed by atoms with Crippen LogP contribution in [0.3, 0.4) is 0 Å². The summed E-state index contributed by atoms with van der Waals surface area (Å²) in [6.45, 7) is 1.84. The van der Waals surface area contributed by atoms with E-state index in [0.717, 1.165) is 44.5 Å². The maximum absolute atomic E-state index is 13.8. The highest BCUT2D eigenvalue weighted by molar-refractivity contribution is 6.06. The summed E-state index contributed by atoms with van der Waals surface area (Å²) in [5.74, 6) is -1.23. The van der Waals surface area contributed by atoms with Gasteiger partial charge in [0.05, 0.1) is 11.1 Å². The SMILES string of the molecule is O=C(Nc1ccc(N2CCCC2)c(C(=O)NC2CC2)c1)c1ccccc1F. The number of carbonyl (C=O) groups excluding carboxylic acids is 2. The van der Waals surface area contributed by atoms with Crippen LogP contribution >= 0.6 is 0 Å². The lowest BCUT2D eigenvalue weighted by Crippen LogP contribution is -2.29. The topological polar surface area (TPSA) is 61.4 Å². The summed E-state index contributed by atoms with van der Waals surface area (Å²) in [7, 11) is 0. The zero-order chi connectivity index (χ0) is 18.8. The molecule has 27 heavy (non-hydrogen) atoms. The van der Waals surface area contributed by atoms with Crippen molar-refractivity contribution in [1.82, 2.24) is 5.32 Å². The maximum Gasteiger partial charge on any atom is 0.258 e. The molecule has 140 valence electrons. The Hall–Kier alpha value is -2.89. The van der Waals surface area contributed by atoms with Crippen molar-refractivity contribution < 1.29 is 14.0 Å². The van der Waals surface area contributed by atoms with Crippen LogP contribution < -0.4 is 15.5 Å². The Morgan fingerprint density at radius 3 is 2.41 bits per heavy atom. The molecule has 2 fully saturated rings. The molecule has 2 amide bonds. The fraction of sp³-hybridized carbons (Fsp3) is 0.333. The van der Waals surface area contributed by atoms with Gasteiger partial charge < -0.3 is 15.5 Å². The van der Waals surface area contributed by atoms with Gasteiger partial charge >= 0.3 is 0 Å². The van der Waals surface area contributed by atoms with E-state index in [9.17, 15) is 14.0 Å². The molecule has 1 aliphatic carbocycles. The summed E-state index contributed by atoms with van der Waals surface area (Å²) >= 11 is 0. The Kier molecular flexibility index (Phi) is 4.79. The van der Waals surface area contributed by atoms with Crippen LogP contribution in [0, 0.1) is 5.82 Å². The van der Waals surface area contributed by atoms with Crippen molar-refractivity contribution in [3.8, 4) is 0 Å². The van der Waals surface area contributed by atoms with Crippen molar-refractivity contribution in [2.24, 2.45) is 0 Å². The number of anilines is 2. The van der Waals surface area contributed by atoms with E-state index < -0.39 is 11.7 Å². The highest BCUT2D eigenvalue weighted by atomic mass is 19.1. The van der Waals surface area contributed by atoms with Gasteiger partial charge in [-0.2, -0.15) is 0 Å². The molecular weight excluding hydrogens is 345 g/mol. The Bertz CT molecular complexity index is 873. The number of hydrogen-bond donors (Lipinski definition) is 2. The van der Waals surface area contributed by atoms with E-state index in [2.05, 4.69) is 15.5 Å². The molecule has 1 saturated carbocycles. The summed E-state index contributed by atoms with van der Waals surface area (Å²) in [5.41, 5.74) is 1.89. The average Bonchev–Trinajstić information content (AvgIpc) is 3.31. The molecule has 0 atom stereocenters. The van der Waals surface area contributed by atoms with Crippen LogP contribution in [0.4, 0.5) is 15.8 Å². The maximum atomic E-state index is 13.8. The van der Waals surface area contributed by atoms with Gasteiger partial charge in [0, 0.05) is 30.5 Å². The Morgan fingerprint density at radius 2 is 1.70 bits per heavy atom. The Morgan fingerprint density at radius 1 is 0.963 bits per heavy atom. The molecule has 2 aromatic carbocycles. The van der Waals surface area contributed by atoms with Gasteiger partial charge in [0.1, 0.15) is 5.82 Å². The van der Waals surface area contributed by atoms with Crippen LogP contribution in [0.5, 0.6) is 0 Å². The zero-order valence-corrected chi connectivity index (χ0v) is 15.0. The number of carbonyl (C=O) groups is 2. The van der Waals surface area contributed by atoms with Gasteiger partial charge in [0.2, 0.25) is 0 Å². The predicted molar refractivity (Wildman–Crippen MR) is 103 cm³/mol. The summed E-state index contributed by atoms with van der Waals surface area (Å²) in [6.07, 6.45) is 4.23. The molecule has 2 aromatic rings. The minimum atomic E-state index is -0.574. The Labute approximate surface area is 157 Å². The standard InChI is InChI=1S/C21H22FN3O2/c22-18-6-2-1-5-16(18)20(26)24-15-9-10-19(25-11-3-4-12-25)17(13-15)21(27)23-14-7-8-14/h1-2,5-6,9-10,13-14H,3-4,7-8,11-12H2,(H,23,27)(H,24,26). The summed E-state index contributed by atoms with van der Waals surface area (Å²) in [5, 5.41) is 5.72. The van der Waals surface area contributed by atoms with Crippen molar-refractivity contribution in [3.05, 3.63) is 59.4 Å². The van der Waals surface area contributed by atoms with Crippen LogP contribution in [0.2, 0.25) is 0 Å². The first-order valence-corrected chi connectivity index (χ1v) is 9.37. The van der Waals surface area contributed by atoms with Crippen LogP contribution in [-0.4, -0.2) is 30.9 Å². The molecule has 0 spiro atoms. The van der Waals surface area contributed by atoms with Gasteiger partial charge in [-0.25, -0.2) is 4.39 Å². The van der Waals surface area contributed by atoms with Gasteiger partial charge in [-0.05, 0) is 56.0 Å². The van der Waals surface area contributed by atoms with Crippen LogP contribution in [0.25, 0.3) is 0 Å². The molecule has 6 heteroatoms. The van der Waals surface area contributed by atoms with E-state index in [0.29, 0.717) is 11.3 Å². The second-order valence-electron chi connectivity index (χ2n) is 7.11. The van der Waals surface area contributed by atoms with Crippen LogP contribution in [-0.2, 0) is 0 Å². The van der Waals surface area contributed by atoms with E-state index in [4.69, 9.17) is 0 Å². The van der Waals surface area contributed by atoms with E-state index in [1.807, 2.05) is 6.07 Å². The number of nitrogens with zero attached hydrogens (tertiary/aromatic N) is 1. The van der Waals surface area contributed by atoms with Gasteiger partial charge in [-0.3, -0.25) is 9.59 Å². The highest BCUT2D eigenvalue weighted by Gasteiger charge is 2.27. The highest BCUT2D eigenvalue weighted by Crippen LogP contribution is 2.29. The van der Waals surface area contributed by atoms with Crippen molar-refractivity contribution in [2.45, 2.75) is 31.7 Å². The third-order valence-corrected chi connectivity index (χ3v) is 4.98.